The van der Waals surface area contributed by atoms with E-state index in [1.165, 1.54) is 36.2 Å². The molecule has 0 aliphatic carbocycles. The van der Waals surface area contributed by atoms with Gasteiger partial charge in [0.2, 0.25) is 0 Å². The van der Waals surface area contributed by atoms with Crippen LogP contribution in [0, 0.1) is 13.8 Å². The Hall–Kier alpha value is -1.60. The molecule has 0 radical (unpaired) electrons. The number of rotatable bonds is 3. The highest BCUT2D eigenvalue weighted by Crippen LogP contribution is 2.30. The van der Waals surface area contributed by atoms with Crippen molar-refractivity contribution < 1.29 is 0 Å². The van der Waals surface area contributed by atoms with Crippen molar-refractivity contribution in [2.75, 3.05) is 13.1 Å². The van der Waals surface area contributed by atoms with E-state index in [9.17, 15) is 0 Å². The van der Waals surface area contributed by atoms with Crippen LogP contribution >= 0.6 is 0 Å². The fourth-order valence-electron chi connectivity index (χ4n) is 3.27. The Balaban J connectivity index is 1.69. The maximum Gasteiger partial charge on any atom is 0.0233 e. The first-order valence-corrected chi connectivity index (χ1v) is 7.56. The molecular weight excluding hydrogens is 242 g/mol. The average molecular weight is 265 g/mol. The average Bonchev–Trinajstić information content (AvgIpc) is 2.91. The van der Waals surface area contributed by atoms with Gasteiger partial charge in [-0.3, -0.25) is 4.90 Å². The van der Waals surface area contributed by atoms with Gasteiger partial charge in [-0.15, -0.1) is 0 Å². The minimum atomic E-state index is 0.707. The molecule has 1 fully saturated rings. The zero-order valence-corrected chi connectivity index (χ0v) is 12.5. The second-order valence-corrected chi connectivity index (χ2v) is 6.07. The monoisotopic (exact) mass is 265 g/mol. The summed E-state index contributed by atoms with van der Waals surface area (Å²) in [5.74, 6) is 0.707. The van der Waals surface area contributed by atoms with E-state index < -0.39 is 0 Å². The highest BCUT2D eigenvalue weighted by molar-refractivity contribution is 5.34. The van der Waals surface area contributed by atoms with Gasteiger partial charge in [0.25, 0.3) is 0 Å². The van der Waals surface area contributed by atoms with Gasteiger partial charge in [-0.1, -0.05) is 54.1 Å². The largest absolute Gasteiger partial charge is 0.298 e. The molecule has 1 heterocycles. The molecule has 20 heavy (non-hydrogen) atoms. The van der Waals surface area contributed by atoms with Crippen LogP contribution in [0.15, 0.2) is 48.5 Å². The maximum atomic E-state index is 2.59. The highest BCUT2D eigenvalue weighted by atomic mass is 15.1. The number of hydrogen-bond acceptors (Lipinski definition) is 1. The number of benzene rings is 2. The molecule has 104 valence electrons. The minimum Gasteiger partial charge on any atom is -0.298 e. The lowest BCUT2D eigenvalue weighted by Gasteiger charge is -2.17. The molecule has 3 rings (SSSR count). The first kappa shape index (κ1) is 13.4. The zero-order chi connectivity index (χ0) is 13.9. The van der Waals surface area contributed by atoms with Gasteiger partial charge in [0, 0.05) is 13.1 Å². The fourth-order valence-corrected chi connectivity index (χ4v) is 3.27. The molecule has 0 spiro atoms. The number of likely N-dealkylation sites (tertiary alicyclic amines) is 1. The minimum absolute atomic E-state index is 0.707. The third-order valence-corrected chi connectivity index (χ3v) is 4.40. The van der Waals surface area contributed by atoms with Crippen molar-refractivity contribution in [3.05, 3.63) is 70.8 Å². The zero-order valence-electron chi connectivity index (χ0n) is 12.5. The maximum absolute atomic E-state index is 2.59. The summed E-state index contributed by atoms with van der Waals surface area (Å²) in [5.41, 5.74) is 5.81. The second-order valence-electron chi connectivity index (χ2n) is 6.07. The van der Waals surface area contributed by atoms with Gasteiger partial charge in [-0.25, -0.2) is 0 Å². The molecule has 2 aromatic carbocycles. The van der Waals surface area contributed by atoms with E-state index in [2.05, 4.69) is 67.3 Å². The van der Waals surface area contributed by atoms with Gasteiger partial charge in [-0.2, -0.15) is 0 Å². The molecule has 1 unspecified atom stereocenters. The van der Waals surface area contributed by atoms with Gasteiger partial charge < -0.3 is 0 Å². The molecule has 0 N–H and O–H groups in total. The topological polar surface area (TPSA) is 3.24 Å². The summed E-state index contributed by atoms with van der Waals surface area (Å²) >= 11 is 0. The smallest absolute Gasteiger partial charge is 0.0233 e. The molecule has 0 aromatic heterocycles. The predicted molar refractivity (Wildman–Crippen MR) is 85.0 cm³/mol. The van der Waals surface area contributed by atoms with Crippen molar-refractivity contribution in [3.63, 3.8) is 0 Å². The first-order valence-electron chi connectivity index (χ1n) is 7.56. The molecule has 1 aliphatic rings. The first-order chi connectivity index (χ1) is 9.72. The summed E-state index contributed by atoms with van der Waals surface area (Å²) in [6, 6.07) is 17.7. The predicted octanol–water partition coefficient (Wildman–Crippen LogP) is 4.29. The summed E-state index contributed by atoms with van der Waals surface area (Å²) in [6.45, 7) is 7.93. The quantitative estimate of drug-likeness (QED) is 0.800. The lowest BCUT2D eigenvalue weighted by atomic mass is 9.93. The van der Waals surface area contributed by atoms with Crippen LogP contribution in [-0.2, 0) is 6.54 Å². The Bertz CT molecular complexity index is 574. The Kier molecular flexibility index (Phi) is 3.88. The van der Waals surface area contributed by atoms with E-state index in [0.717, 1.165) is 6.54 Å². The Morgan fingerprint density at radius 3 is 2.65 bits per heavy atom. The fraction of sp³-hybridized carbons (Fsp3) is 0.368. The highest BCUT2D eigenvalue weighted by Gasteiger charge is 2.24. The molecule has 0 bridgehead atoms. The lowest BCUT2D eigenvalue weighted by Crippen LogP contribution is -2.19. The summed E-state index contributed by atoms with van der Waals surface area (Å²) in [7, 11) is 0. The molecule has 0 amide bonds. The van der Waals surface area contributed by atoms with Crippen LogP contribution in [0.25, 0.3) is 0 Å². The van der Waals surface area contributed by atoms with Crippen molar-refractivity contribution in [2.24, 2.45) is 0 Å². The van der Waals surface area contributed by atoms with Crippen molar-refractivity contribution in [1.82, 2.24) is 4.90 Å². The third-order valence-electron chi connectivity index (χ3n) is 4.40. The summed E-state index contributed by atoms with van der Waals surface area (Å²) in [5, 5.41) is 0. The molecule has 1 atom stereocenters. The molecule has 1 heteroatoms. The second kappa shape index (κ2) is 5.80. The van der Waals surface area contributed by atoms with E-state index in [4.69, 9.17) is 0 Å². The third kappa shape index (κ3) is 2.94. The normalized spacial score (nSPS) is 19.4. The molecule has 2 aromatic rings. The summed E-state index contributed by atoms with van der Waals surface area (Å²) in [4.78, 5) is 2.59. The van der Waals surface area contributed by atoms with Crippen LogP contribution < -0.4 is 0 Å². The molecule has 0 saturated carbocycles. The van der Waals surface area contributed by atoms with Crippen molar-refractivity contribution >= 4 is 0 Å². The Labute approximate surface area is 122 Å². The summed E-state index contributed by atoms with van der Waals surface area (Å²) in [6.07, 6.45) is 1.29. The Morgan fingerprint density at radius 1 is 1.05 bits per heavy atom. The van der Waals surface area contributed by atoms with E-state index >= 15 is 0 Å². The van der Waals surface area contributed by atoms with E-state index in [1.807, 2.05) is 0 Å². The number of nitrogens with zero attached hydrogens (tertiary/aromatic N) is 1. The standard InChI is InChI=1S/C19H23N/c1-15-8-9-16(2)19(12-15)18-10-11-20(14-18)13-17-6-4-3-5-7-17/h3-9,12,18H,10-11,13-14H2,1-2H3. The molecular formula is C19H23N. The molecule has 1 saturated heterocycles. The SMILES string of the molecule is Cc1ccc(C)c(C2CCN(Cc3ccccc3)C2)c1. The number of aryl methyl sites for hydroxylation is 2. The van der Waals surface area contributed by atoms with Crippen LogP contribution in [0.1, 0.15) is 34.6 Å². The number of hydrogen-bond donors (Lipinski definition) is 0. The van der Waals surface area contributed by atoms with Crippen LogP contribution in [-0.4, -0.2) is 18.0 Å². The van der Waals surface area contributed by atoms with Crippen LogP contribution in [0.4, 0.5) is 0 Å². The van der Waals surface area contributed by atoms with Crippen LogP contribution in [0.5, 0.6) is 0 Å². The van der Waals surface area contributed by atoms with Crippen LogP contribution in [0.3, 0.4) is 0 Å². The van der Waals surface area contributed by atoms with E-state index in [0.29, 0.717) is 5.92 Å². The molecule has 1 nitrogen and oxygen atoms in total. The Morgan fingerprint density at radius 2 is 1.85 bits per heavy atom. The van der Waals surface area contributed by atoms with Gasteiger partial charge in [0.15, 0.2) is 0 Å². The lowest BCUT2D eigenvalue weighted by molar-refractivity contribution is 0.327. The van der Waals surface area contributed by atoms with Crippen molar-refractivity contribution in [3.8, 4) is 0 Å². The van der Waals surface area contributed by atoms with Gasteiger partial charge in [0.05, 0.1) is 0 Å². The van der Waals surface area contributed by atoms with E-state index in [1.54, 1.807) is 5.56 Å². The summed E-state index contributed by atoms with van der Waals surface area (Å²) < 4.78 is 0. The van der Waals surface area contributed by atoms with Gasteiger partial charge in [-0.05, 0) is 49.4 Å². The van der Waals surface area contributed by atoms with E-state index in [-0.39, 0.29) is 0 Å². The molecule has 1 aliphatic heterocycles. The van der Waals surface area contributed by atoms with Gasteiger partial charge >= 0.3 is 0 Å². The van der Waals surface area contributed by atoms with Crippen molar-refractivity contribution in [1.29, 1.82) is 0 Å². The van der Waals surface area contributed by atoms with Gasteiger partial charge in [0.1, 0.15) is 0 Å². The van der Waals surface area contributed by atoms with Crippen LogP contribution in [0.2, 0.25) is 0 Å². The van der Waals surface area contributed by atoms with Crippen molar-refractivity contribution in [2.45, 2.75) is 32.7 Å².